The lowest BCUT2D eigenvalue weighted by Crippen LogP contribution is -2.26. The van der Waals surface area contributed by atoms with Crippen LogP contribution < -0.4 is 5.32 Å². The topological polar surface area (TPSA) is 92.7 Å². The lowest BCUT2D eigenvalue weighted by atomic mass is 9.99. The molecule has 0 heterocycles. The number of carbonyl (C=O) groups is 3. The van der Waals surface area contributed by atoms with E-state index in [2.05, 4.69) is 5.32 Å². The van der Waals surface area contributed by atoms with E-state index in [4.69, 9.17) is 9.84 Å². The molecule has 0 saturated carbocycles. The van der Waals surface area contributed by atoms with Crippen LogP contribution in [0.1, 0.15) is 71.9 Å². The van der Waals surface area contributed by atoms with Crippen molar-refractivity contribution in [1.82, 2.24) is 5.32 Å². The third-order valence-electron chi connectivity index (χ3n) is 3.52. The van der Waals surface area contributed by atoms with Crippen molar-refractivity contribution in [3.05, 3.63) is 34.4 Å². The molecular formula is C19H27NO5. The van der Waals surface area contributed by atoms with Gasteiger partial charge in [0.2, 0.25) is 0 Å². The van der Waals surface area contributed by atoms with E-state index in [9.17, 15) is 14.4 Å². The summed E-state index contributed by atoms with van der Waals surface area (Å²) in [6.07, 6.45) is 1.61. The summed E-state index contributed by atoms with van der Waals surface area (Å²) in [5.74, 6) is -1.49. The van der Waals surface area contributed by atoms with E-state index in [1.165, 1.54) is 0 Å². The molecule has 1 aromatic carbocycles. The number of nitrogens with one attached hydrogen (secondary N) is 1. The lowest BCUT2D eigenvalue weighted by molar-refractivity contribution is -0.154. The van der Waals surface area contributed by atoms with Gasteiger partial charge in [0.1, 0.15) is 5.60 Å². The number of carboxylic acids is 1. The number of aryl methyl sites for hydroxylation is 2. The normalized spacial score (nSPS) is 11.1. The molecule has 0 aliphatic heterocycles. The van der Waals surface area contributed by atoms with Crippen LogP contribution in [0.4, 0.5) is 0 Å². The zero-order valence-electron chi connectivity index (χ0n) is 15.6. The first-order chi connectivity index (χ1) is 11.5. The number of hydrogen-bond donors (Lipinski definition) is 2. The highest BCUT2D eigenvalue weighted by atomic mass is 16.6. The third-order valence-corrected chi connectivity index (χ3v) is 3.52. The third kappa shape index (κ3) is 6.95. The van der Waals surface area contributed by atoms with Crippen molar-refractivity contribution in [2.24, 2.45) is 0 Å². The number of benzene rings is 1. The van der Waals surface area contributed by atoms with Gasteiger partial charge in [0.25, 0.3) is 5.91 Å². The summed E-state index contributed by atoms with van der Waals surface area (Å²) in [6, 6.07) is 3.15. The first-order valence-electron chi connectivity index (χ1n) is 8.36. The highest BCUT2D eigenvalue weighted by Gasteiger charge is 2.16. The summed E-state index contributed by atoms with van der Waals surface area (Å²) in [6.45, 7) is 9.27. The summed E-state index contributed by atoms with van der Waals surface area (Å²) < 4.78 is 5.22. The fourth-order valence-corrected chi connectivity index (χ4v) is 2.52. The molecule has 1 amide bonds. The highest BCUT2D eigenvalue weighted by molar-refractivity contribution is 5.97. The molecular weight excluding hydrogens is 322 g/mol. The number of esters is 1. The van der Waals surface area contributed by atoms with Crippen LogP contribution in [-0.2, 0) is 9.53 Å². The Hall–Kier alpha value is -2.37. The molecule has 6 nitrogen and oxygen atoms in total. The van der Waals surface area contributed by atoms with Crippen molar-refractivity contribution in [2.75, 3.05) is 6.54 Å². The van der Waals surface area contributed by atoms with Gasteiger partial charge in [0.15, 0.2) is 0 Å². The van der Waals surface area contributed by atoms with Crippen LogP contribution in [0.2, 0.25) is 0 Å². The minimum atomic E-state index is -0.996. The Morgan fingerprint density at radius 1 is 1.08 bits per heavy atom. The van der Waals surface area contributed by atoms with Gasteiger partial charge >= 0.3 is 11.9 Å². The standard InChI is InChI=1S/C19H27NO5/c1-12-10-14(11-13(2)16(12)18(23)24)17(22)20-9-7-6-8-15(21)25-19(3,4)5/h10-11H,6-9H2,1-5H3,(H,20,22)(H,23,24). The summed E-state index contributed by atoms with van der Waals surface area (Å²) >= 11 is 0. The van der Waals surface area contributed by atoms with Crippen LogP contribution in [0.25, 0.3) is 0 Å². The van der Waals surface area contributed by atoms with Crippen LogP contribution >= 0.6 is 0 Å². The van der Waals surface area contributed by atoms with E-state index in [0.29, 0.717) is 42.5 Å². The predicted octanol–water partition coefficient (Wildman–Crippen LogP) is 3.24. The summed E-state index contributed by atoms with van der Waals surface area (Å²) in [5.41, 5.74) is 1.30. The molecule has 1 aromatic rings. The number of unbranched alkanes of at least 4 members (excludes halogenated alkanes) is 1. The molecule has 0 fully saturated rings. The molecule has 0 bridgehead atoms. The smallest absolute Gasteiger partial charge is 0.336 e. The number of hydrogen-bond acceptors (Lipinski definition) is 4. The first kappa shape index (κ1) is 20.7. The van der Waals surface area contributed by atoms with Crippen LogP contribution in [0.5, 0.6) is 0 Å². The van der Waals surface area contributed by atoms with Crippen LogP contribution in [-0.4, -0.2) is 35.1 Å². The molecule has 0 atom stereocenters. The molecule has 0 aromatic heterocycles. The van der Waals surface area contributed by atoms with E-state index < -0.39 is 11.6 Å². The van der Waals surface area contributed by atoms with Crippen molar-refractivity contribution in [2.45, 2.75) is 59.5 Å². The minimum absolute atomic E-state index is 0.230. The van der Waals surface area contributed by atoms with Gasteiger partial charge in [0.05, 0.1) is 5.56 Å². The lowest BCUT2D eigenvalue weighted by Gasteiger charge is -2.19. The second kappa shape index (κ2) is 8.65. The van der Waals surface area contributed by atoms with E-state index in [0.717, 1.165) is 0 Å². The van der Waals surface area contributed by atoms with Gasteiger partial charge in [-0.2, -0.15) is 0 Å². The van der Waals surface area contributed by atoms with Crippen LogP contribution in [0, 0.1) is 13.8 Å². The molecule has 1 rings (SSSR count). The number of amides is 1. The quantitative estimate of drug-likeness (QED) is 0.582. The Balaban J connectivity index is 2.46. The van der Waals surface area contributed by atoms with Crippen molar-refractivity contribution in [3.8, 4) is 0 Å². The Morgan fingerprint density at radius 3 is 2.12 bits per heavy atom. The molecule has 138 valence electrons. The first-order valence-corrected chi connectivity index (χ1v) is 8.36. The van der Waals surface area contributed by atoms with Crippen molar-refractivity contribution in [1.29, 1.82) is 0 Å². The second-order valence-corrected chi connectivity index (χ2v) is 7.09. The summed E-state index contributed by atoms with van der Waals surface area (Å²) in [7, 11) is 0. The fraction of sp³-hybridized carbons (Fsp3) is 0.526. The van der Waals surface area contributed by atoms with E-state index >= 15 is 0 Å². The molecule has 2 N–H and O–H groups in total. The Morgan fingerprint density at radius 2 is 1.64 bits per heavy atom. The highest BCUT2D eigenvalue weighted by Crippen LogP contribution is 2.17. The second-order valence-electron chi connectivity index (χ2n) is 7.09. The number of ether oxygens (including phenoxy) is 1. The number of carbonyl (C=O) groups excluding carboxylic acids is 2. The maximum absolute atomic E-state index is 12.2. The molecule has 0 aliphatic carbocycles. The summed E-state index contributed by atoms with van der Waals surface area (Å²) in [4.78, 5) is 34.9. The van der Waals surface area contributed by atoms with Gasteiger partial charge in [-0.05, 0) is 70.7 Å². The minimum Gasteiger partial charge on any atom is -0.478 e. The zero-order valence-corrected chi connectivity index (χ0v) is 15.6. The van der Waals surface area contributed by atoms with Gasteiger partial charge in [-0.25, -0.2) is 4.79 Å². The van der Waals surface area contributed by atoms with Gasteiger partial charge in [-0.15, -0.1) is 0 Å². The van der Waals surface area contributed by atoms with Gasteiger partial charge in [-0.3, -0.25) is 9.59 Å². The molecule has 0 radical (unpaired) electrons. The van der Waals surface area contributed by atoms with Crippen molar-refractivity contribution < 1.29 is 24.2 Å². The maximum atomic E-state index is 12.2. The average Bonchev–Trinajstić information content (AvgIpc) is 2.43. The zero-order chi connectivity index (χ0) is 19.2. The molecule has 25 heavy (non-hydrogen) atoms. The fourth-order valence-electron chi connectivity index (χ4n) is 2.52. The Labute approximate surface area is 148 Å². The summed E-state index contributed by atoms with van der Waals surface area (Å²) in [5, 5.41) is 11.9. The monoisotopic (exact) mass is 349 g/mol. The van der Waals surface area contributed by atoms with Crippen LogP contribution in [0.15, 0.2) is 12.1 Å². The van der Waals surface area contributed by atoms with E-state index in [1.807, 2.05) is 20.8 Å². The number of carboxylic acid groups (broad SMARTS) is 1. The maximum Gasteiger partial charge on any atom is 0.336 e. The van der Waals surface area contributed by atoms with Gasteiger partial charge in [0, 0.05) is 18.5 Å². The Kier molecular flexibility index (Phi) is 7.15. The molecule has 0 spiro atoms. The number of rotatable bonds is 7. The SMILES string of the molecule is Cc1cc(C(=O)NCCCCC(=O)OC(C)(C)C)cc(C)c1C(=O)O. The predicted molar refractivity (Wildman–Crippen MR) is 94.9 cm³/mol. The van der Waals surface area contributed by atoms with Gasteiger partial charge in [-0.1, -0.05) is 0 Å². The largest absolute Gasteiger partial charge is 0.478 e. The molecule has 0 saturated heterocycles. The Bertz CT molecular complexity index is 635. The van der Waals surface area contributed by atoms with Crippen LogP contribution in [0.3, 0.4) is 0 Å². The molecule has 6 heteroatoms. The van der Waals surface area contributed by atoms with Crippen molar-refractivity contribution >= 4 is 17.8 Å². The van der Waals surface area contributed by atoms with E-state index in [1.54, 1.807) is 26.0 Å². The van der Waals surface area contributed by atoms with Gasteiger partial charge < -0.3 is 15.2 Å². The van der Waals surface area contributed by atoms with Crippen molar-refractivity contribution in [3.63, 3.8) is 0 Å². The average molecular weight is 349 g/mol. The molecule has 0 aliphatic rings. The molecule has 0 unspecified atom stereocenters. The van der Waals surface area contributed by atoms with E-state index in [-0.39, 0.29) is 17.4 Å². The number of aromatic carboxylic acids is 1.